The molecule has 0 radical (unpaired) electrons. The summed E-state index contributed by atoms with van der Waals surface area (Å²) in [4.78, 5) is 16.2. The van der Waals surface area contributed by atoms with Crippen molar-refractivity contribution in [2.45, 2.75) is 6.42 Å². The predicted molar refractivity (Wildman–Crippen MR) is 97.7 cm³/mol. The molecule has 1 heterocycles. The molecule has 3 aromatic rings. The standard InChI is InChI=1S/C20H17FN4O/c21-17-5-1-13(2-6-17)9-16(20(23)26)12-24-19-8-4-15-10-14(11-22)3-7-18(15)25-19/h1-8,10,16H,9,12H2,(H2,23,26)(H,24,25). The molecule has 6 heteroatoms. The Labute approximate surface area is 150 Å². The van der Waals surface area contributed by atoms with Crippen LogP contribution in [0.25, 0.3) is 10.9 Å². The van der Waals surface area contributed by atoms with Crippen LogP contribution in [-0.2, 0) is 11.2 Å². The summed E-state index contributed by atoms with van der Waals surface area (Å²) in [5.41, 5.74) is 7.67. The highest BCUT2D eigenvalue weighted by Gasteiger charge is 2.16. The monoisotopic (exact) mass is 348 g/mol. The predicted octanol–water partition coefficient (Wildman–Crippen LogP) is 3.00. The van der Waals surface area contributed by atoms with Crippen LogP contribution in [0.2, 0.25) is 0 Å². The summed E-state index contributed by atoms with van der Waals surface area (Å²) >= 11 is 0. The van der Waals surface area contributed by atoms with Crippen molar-refractivity contribution >= 4 is 22.6 Å². The average molecular weight is 348 g/mol. The molecule has 0 spiro atoms. The fraction of sp³-hybridized carbons (Fsp3) is 0.150. The molecule has 1 amide bonds. The van der Waals surface area contributed by atoms with Crippen LogP contribution in [-0.4, -0.2) is 17.4 Å². The Morgan fingerprint density at radius 2 is 1.96 bits per heavy atom. The molecule has 0 aliphatic carbocycles. The van der Waals surface area contributed by atoms with Crippen LogP contribution in [0.4, 0.5) is 10.2 Å². The minimum absolute atomic E-state index is 0.317. The minimum atomic E-state index is -0.445. The summed E-state index contributed by atoms with van der Waals surface area (Å²) in [6, 6.07) is 17.0. The van der Waals surface area contributed by atoms with Crippen LogP contribution in [0.1, 0.15) is 11.1 Å². The number of aromatic nitrogens is 1. The van der Waals surface area contributed by atoms with Crippen LogP contribution in [0.3, 0.4) is 0 Å². The summed E-state index contributed by atoms with van der Waals surface area (Å²) in [5.74, 6) is -0.574. The Bertz CT molecular complexity index is 979. The van der Waals surface area contributed by atoms with E-state index in [4.69, 9.17) is 11.0 Å². The number of nitrogens with two attached hydrogens (primary N) is 1. The Balaban J connectivity index is 1.70. The van der Waals surface area contributed by atoms with Gasteiger partial charge >= 0.3 is 0 Å². The van der Waals surface area contributed by atoms with Gasteiger partial charge in [-0.3, -0.25) is 4.79 Å². The summed E-state index contributed by atoms with van der Waals surface area (Å²) in [7, 11) is 0. The number of anilines is 1. The van der Waals surface area contributed by atoms with Gasteiger partial charge in [0, 0.05) is 11.9 Å². The van der Waals surface area contributed by atoms with E-state index in [1.54, 1.807) is 36.4 Å². The van der Waals surface area contributed by atoms with Crippen LogP contribution in [0.5, 0.6) is 0 Å². The first-order chi connectivity index (χ1) is 12.5. The molecule has 26 heavy (non-hydrogen) atoms. The Hall–Kier alpha value is -3.46. The fourth-order valence-corrected chi connectivity index (χ4v) is 2.70. The second-order valence-electron chi connectivity index (χ2n) is 6.03. The first-order valence-corrected chi connectivity index (χ1v) is 8.13. The van der Waals surface area contributed by atoms with Gasteiger partial charge in [0.25, 0.3) is 0 Å². The number of nitrogens with one attached hydrogen (secondary N) is 1. The largest absolute Gasteiger partial charge is 0.369 e. The zero-order chi connectivity index (χ0) is 18.5. The lowest BCUT2D eigenvalue weighted by Crippen LogP contribution is -2.31. The van der Waals surface area contributed by atoms with E-state index in [1.807, 2.05) is 6.07 Å². The molecule has 0 fully saturated rings. The van der Waals surface area contributed by atoms with Gasteiger partial charge in [-0.15, -0.1) is 0 Å². The maximum Gasteiger partial charge on any atom is 0.222 e. The van der Waals surface area contributed by atoms with Crippen molar-refractivity contribution in [3.8, 4) is 6.07 Å². The van der Waals surface area contributed by atoms with Crippen molar-refractivity contribution in [2.75, 3.05) is 11.9 Å². The number of benzene rings is 2. The maximum absolute atomic E-state index is 13.0. The third-order valence-electron chi connectivity index (χ3n) is 4.15. The van der Waals surface area contributed by atoms with Gasteiger partial charge in [0.15, 0.2) is 0 Å². The minimum Gasteiger partial charge on any atom is -0.369 e. The number of hydrogen-bond acceptors (Lipinski definition) is 4. The van der Waals surface area contributed by atoms with Crippen LogP contribution in [0, 0.1) is 23.1 Å². The molecule has 5 nitrogen and oxygen atoms in total. The second-order valence-corrected chi connectivity index (χ2v) is 6.03. The molecule has 2 aromatic carbocycles. The van der Waals surface area contributed by atoms with Gasteiger partial charge in [0.1, 0.15) is 11.6 Å². The van der Waals surface area contributed by atoms with E-state index in [9.17, 15) is 9.18 Å². The van der Waals surface area contributed by atoms with Gasteiger partial charge in [0.05, 0.1) is 23.1 Å². The van der Waals surface area contributed by atoms with Gasteiger partial charge in [0.2, 0.25) is 5.91 Å². The lowest BCUT2D eigenvalue weighted by Gasteiger charge is -2.15. The molecular weight excluding hydrogens is 331 g/mol. The summed E-state index contributed by atoms with van der Waals surface area (Å²) in [5, 5.41) is 12.9. The van der Waals surface area contributed by atoms with Crippen LogP contribution < -0.4 is 11.1 Å². The van der Waals surface area contributed by atoms with Gasteiger partial charge in [-0.05, 0) is 54.4 Å². The second kappa shape index (κ2) is 7.62. The topological polar surface area (TPSA) is 91.8 Å². The fourth-order valence-electron chi connectivity index (χ4n) is 2.70. The highest BCUT2D eigenvalue weighted by molar-refractivity contribution is 5.82. The van der Waals surface area contributed by atoms with E-state index in [-0.39, 0.29) is 5.82 Å². The number of nitrogens with zero attached hydrogens (tertiary/aromatic N) is 2. The first kappa shape index (κ1) is 17.4. The number of carbonyl (C=O) groups excluding carboxylic acids is 1. The molecule has 0 saturated heterocycles. The molecule has 0 saturated carbocycles. The molecule has 3 N–H and O–H groups in total. The zero-order valence-corrected chi connectivity index (χ0v) is 13.9. The number of halogens is 1. The molecule has 1 unspecified atom stereocenters. The molecule has 1 atom stereocenters. The van der Waals surface area contributed by atoms with Crippen molar-refractivity contribution < 1.29 is 9.18 Å². The number of nitriles is 1. The Kier molecular flexibility index (Phi) is 5.09. The van der Waals surface area contributed by atoms with Crippen LogP contribution >= 0.6 is 0 Å². The SMILES string of the molecule is N#Cc1ccc2nc(NCC(Cc3ccc(F)cc3)C(N)=O)ccc2c1. The highest BCUT2D eigenvalue weighted by Crippen LogP contribution is 2.17. The lowest BCUT2D eigenvalue weighted by molar-refractivity contribution is -0.121. The van der Waals surface area contributed by atoms with Crippen molar-refractivity contribution in [2.24, 2.45) is 11.7 Å². The maximum atomic E-state index is 13.0. The van der Waals surface area contributed by atoms with Gasteiger partial charge in [-0.2, -0.15) is 5.26 Å². The number of fused-ring (bicyclic) bond motifs is 1. The molecule has 130 valence electrons. The first-order valence-electron chi connectivity index (χ1n) is 8.13. The Morgan fingerprint density at radius 3 is 2.65 bits per heavy atom. The van der Waals surface area contributed by atoms with E-state index >= 15 is 0 Å². The van der Waals surface area contributed by atoms with Gasteiger partial charge in [-0.1, -0.05) is 12.1 Å². The van der Waals surface area contributed by atoms with Crippen molar-refractivity contribution in [1.29, 1.82) is 5.26 Å². The van der Waals surface area contributed by atoms with E-state index in [2.05, 4.69) is 16.4 Å². The number of rotatable bonds is 6. The number of primary amides is 1. The van der Waals surface area contributed by atoms with Crippen molar-refractivity contribution in [3.63, 3.8) is 0 Å². The van der Waals surface area contributed by atoms with Gasteiger partial charge < -0.3 is 11.1 Å². The normalized spacial score (nSPS) is 11.7. The van der Waals surface area contributed by atoms with E-state index in [0.29, 0.717) is 24.3 Å². The third-order valence-corrected chi connectivity index (χ3v) is 4.15. The smallest absolute Gasteiger partial charge is 0.222 e. The number of carbonyl (C=O) groups is 1. The van der Waals surface area contributed by atoms with E-state index < -0.39 is 11.8 Å². The summed E-state index contributed by atoms with van der Waals surface area (Å²) in [6.45, 7) is 0.321. The van der Waals surface area contributed by atoms with E-state index in [0.717, 1.165) is 16.5 Å². The molecule has 0 bridgehead atoms. The van der Waals surface area contributed by atoms with Crippen LogP contribution in [0.15, 0.2) is 54.6 Å². The number of amides is 1. The number of hydrogen-bond donors (Lipinski definition) is 2. The average Bonchev–Trinajstić information content (AvgIpc) is 2.65. The van der Waals surface area contributed by atoms with Gasteiger partial charge in [-0.25, -0.2) is 9.37 Å². The van der Waals surface area contributed by atoms with Crippen molar-refractivity contribution in [1.82, 2.24) is 4.98 Å². The highest BCUT2D eigenvalue weighted by atomic mass is 19.1. The molecular formula is C20H17FN4O. The molecule has 0 aliphatic rings. The number of pyridine rings is 1. The molecule has 3 rings (SSSR count). The molecule has 1 aromatic heterocycles. The van der Waals surface area contributed by atoms with Crippen molar-refractivity contribution in [3.05, 3.63) is 71.5 Å². The lowest BCUT2D eigenvalue weighted by atomic mass is 9.98. The Morgan fingerprint density at radius 1 is 1.19 bits per heavy atom. The molecule has 0 aliphatic heterocycles. The zero-order valence-electron chi connectivity index (χ0n) is 13.9. The summed E-state index contributed by atoms with van der Waals surface area (Å²) < 4.78 is 13.0. The quantitative estimate of drug-likeness (QED) is 0.716. The third kappa shape index (κ3) is 4.14. The van der Waals surface area contributed by atoms with E-state index in [1.165, 1.54) is 12.1 Å². The summed E-state index contributed by atoms with van der Waals surface area (Å²) in [6.07, 6.45) is 0.418.